The van der Waals surface area contributed by atoms with Crippen molar-refractivity contribution in [2.75, 3.05) is 0 Å². The number of hydrazone groups is 1. The molecule has 0 N–H and O–H groups in total. The third-order valence-corrected chi connectivity index (χ3v) is 4.43. The molecule has 0 bridgehead atoms. The molecule has 1 heterocycles. The Morgan fingerprint density at radius 2 is 1.62 bits per heavy atom. The van der Waals surface area contributed by atoms with Crippen LogP contribution >= 0.6 is 0 Å². The quantitative estimate of drug-likeness (QED) is 0.555. The first-order valence-electron chi connectivity index (χ1n) is 8.76. The van der Waals surface area contributed by atoms with Crippen molar-refractivity contribution in [1.82, 2.24) is 5.01 Å². The summed E-state index contributed by atoms with van der Waals surface area (Å²) in [6, 6.07) is 10.5. The Hall–Kier alpha value is -3.82. The standard InChI is InChI=1S/C19H18N4O6/c1-11(2)13-4-6-14(7-5-13)19-21(12(3)24)20-18(29-19)15-8-16(22(25)26)10-17(9-15)23(27)28/h4-11,19H,1-3H3/t19-/m0/s1. The summed E-state index contributed by atoms with van der Waals surface area (Å²) < 4.78 is 5.79. The average Bonchev–Trinajstić information content (AvgIpc) is 3.13. The second kappa shape index (κ2) is 7.66. The predicted molar refractivity (Wildman–Crippen MR) is 103 cm³/mol. The summed E-state index contributed by atoms with van der Waals surface area (Å²) >= 11 is 0. The predicted octanol–water partition coefficient (Wildman–Crippen LogP) is 3.87. The van der Waals surface area contributed by atoms with E-state index in [1.165, 1.54) is 6.92 Å². The minimum absolute atomic E-state index is 0.0402. The fraction of sp³-hybridized carbons (Fsp3) is 0.263. The highest BCUT2D eigenvalue weighted by molar-refractivity contribution is 5.97. The number of ether oxygens (including phenoxy) is 1. The Bertz CT molecular complexity index is 984. The van der Waals surface area contributed by atoms with Crippen LogP contribution in [0.2, 0.25) is 0 Å². The molecule has 0 aromatic heterocycles. The second-order valence-corrected chi connectivity index (χ2v) is 6.81. The summed E-state index contributed by atoms with van der Waals surface area (Å²) in [4.78, 5) is 32.8. The fourth-order valence-electron chi connectivity index (χ4n) is 2.88. The molecule has 10 heteroatoms. The first-order chi connectivity index (χ1) is 13.7. The van der Waals surface area contributed by atoms with Gasteiger partial charge in [-0.3, -0.25) is 25.0 Å². The summed E-state index contributed by atoms with van der Waals surface area (Å²) in [6.45, 7) is 5.42. The van der Waals surface area contributed by atoms with Crippen molar-refractivity contribution in [3.8, 4) is 0 Å². The van der Waals surface area contributed by atoms with E-state index in [0.29, 0.717) is 11.5 Å². The van der Waals surface area contributed by atoms with Gasteiger partial charge in [0.05, 0.1) is 21.5 Å². The summed E-state index contributed by atoms with van der Waals surface area (Å²) in [6.07, 6.45) is -0.873. The van der Waals surface area contributed by atoms with Crippen molar-refractivity contribution in [2.24, 2.45) is 5.10 Å². The maximum Gasteiger partial charge on any atom is 0.277 e. The van der Waals surface area contributed by atoms with Gasteiger partial charge in [0, 0.05) is 24.6 Å². The molecular weight excluding hydrogens is 380 g/mol. The van der Waals surface area contributed by atoms with E-state index < -0.39 is 33.4 Å². The van der Waals surface area contributed by atoms with E-state index in [4.69, 9.17) is 4.74 Å². The van der Waals surface area contributed by atoms with Crippen LogP contribution in [-0.2, 0) is 9.53 Å². The maximum absolute atomic E-state index is 12.1. The van der Waals surface area contributed by atoms with Crippen LogP contribution in [0.3, 0.4) is 0 Å². The van der Waals surface area contributed by atoms with E-state index in [1.54, 1.807) is 0 Å². The fourth-order valence-corrected chi connectivity index (χ4v) is 2.88. The molecule has 1 atom stereocenters. The van der Waals surface area contributed by atoms with E-state index in [9.17, 15) is 25.0 Å². The molecule has 29 heavy (non-hydrogen) atoms. The molecule has 0 unspecified atom stereocenters. The Morgan fingerprint density at radius 1 is 1.07 bits per heavy atom. The third-order valence-electron chi connectivity index (χ3n) is 4.43. The molecule has 0 fully saturated rings. The van der Waals surface area contributed by atoms with E-state index in [-0.39, 0.29) is 11.5 Å². The molecule has 3 rings (SSSR count). The number of non-ortho nitro benzene ring substituents is 2. The van der Waals surface area contributed by atoms with Crippen LogP contribution < -0.4 is 0 Å². The second-order valence-electron chi connectivity index (χ2n) is 6.81. The summed E-state index contributed by atoms with van der Waals surface area (Å²) in [5, 5.41) is 27.5. The van der Waals surface area contributed by atoms with Gasteiger partial charge in [0.2, 0.25) is 18.0 Å². The number of carbonyl (C=O) groups excluding carboxylic acids is 1. The molecule has 150 valence electrons. The van der Waals surface area contributed by atoms with Crippen molar-refractivity contribution in [3.05, 3.63) is 79.4 Å². The largest absolute Gasteiger partial charge is 0.446 e. The number of amides is 1. The molecule has 2 aromatic carbocycles. The van der Waals surface area contributed by atoms with E-state index >= 15 is 0 Å². The Balaban J connectivity index is 1.99. The number of rotatable bonds is 5. The summed E-state index contributed by atoms with van der Waals surface area (Å²) in [5.74, 6) is -0.183. The zero-order valence-electron chi connectivity index (χ0n) is 15.9. The number of hydrogen-bond donors (Lipinski definition) is 0. The number of nitrogens with zero attached hydrogens (tertiary/aromatic N) is 4. The van der Waals surface area contributed by atoms with Gasteiger partial charge in [-0.15, -0.1) is 5.10 Å². The minimum Gasteiger partial charge on any atom is -0.446 e. The van der Waals surface area contributed by atoms with Crippen LogP contribution in [0.4, 0.5) is 11.4 Å². The molecule has 0 saturated heterocycles. The molecule has 1 amide bonds. The van der Waals surface area contributed by atoms with Crippen molar-refractivity contribution in [2.45, 2.75) is 32.9 Å². The Morgan fingerprint density at radius 3 is 2.07 bits per heavy atom. The Labute approximate surface area is 165 Å². The Kier molecular flexibility index (Phi) is 5.26. The van der Waals surface area contributed by atoms with Crippen molar-refractivity contribution >= 4 is 23.2 Å². The maximum atomic E-state index is 12.1. The van der Waals surface area contributed by atoms with Crippen LogP contribution in [0.25, 0.3) is 0 Å². The first-order valence-corrected chi connectivity index (χ1v) is 8.76. The van der Waals surface area contributed by atoms with Crippen LogP contribution in [0.15, 0.2) is 47.6 Å². The zero-order chi connectivity index (χ0) is 21.3. The molecule has 0 radical (unpaired) electrons. The lowest BCUT2D eigenvalue weighted by Gasteiger charge is -2.19. The van der Waals surface area contributed by atoms with Crippen LogP contribution in [0, 0.1) is 20.2 Å². The highest BCUT2D eigenvalue weighted by atomic mass is 16.6. The smallest absolute Gasteiger partial charge is 0.277 e. The number of nitro groups is 2. The van der Waals surface area contributed by atoms with Crippen LogP contribution in [0.5, 0.6) is 0 Å². The van der Waals surface area contributed by atoms with Gasteiger partial charge >= 0.3 is 0 Å². The van der Waals surface area contributed by atoms with Gasteiger partial charge in [-0.1, -0.05) is 38.1 Å². The van der Waals surface area contributed by atoms with Crippen LogP contribution in [-0.4, -0.2) is 26.7 Å². The molecule has 0 spiro atoms. The molecular formula is C19H18N4O6. The third kappa shape index (κ3) is 4.05. The van der Waals surface area contributed by atoms with Gasteiger partial charge in [0.1, 0.15) is 0 Å². The summed E-state index contributed by atoms with van der Waals surface area (Å²) in [5.41, 5.74) is 0.859. The van der Waals surface area contributed by atoms with Gasteiger partial charge in [0.15, 0.2) is 0 Å². The normalized spacial score (nSPS) is 15.8. The van der Waals surface area contributed by atoms with Gasteiger partial charge in [-0.05, 0) is 11.5 Å². The number of hydrogen-bond acceptors (Lipinski definition) is 7. The van der Waals surface area contributed by atoms with Gasteiger partial charge < -0.3 is 4.74 Å². The van der Waals surface area contributed by atoms with E-state index in [2.05, 4.69) is 18.9 Å². The molecule has 0 aliphatic carbocycles. The highest BCUT2D eigenvalue weighted by Gasteiger charge is 2.34. The molecule has 1 aliphatic rings. The number of nitro benzene ring substituents is 2. The van der Waals surface area contributed by atoms with Gasteiger partial charge in [-0.25, -0.2) is 0 Å². The van der Waals surface area contributed by atoms with Gasteiger partial charge in [-0.2, -0.15) is 5.01 Å². The first kappa shape index (κ1) is 19.9. The lowest BCUT2D eigenvalue weighted by atomic mass is 10.0. The molecule has 0 saturated carbocycles. The highest BCUT2D eigenvalue weighted by Crippen LogP contribution is 2.33. The van der Waals surface area contributed by atoms with Crippen molar-refractivity contribution in [1.29, 1.82) is 0 Å². The topological polar surface area (TPSA) is 128 Å². The minimum atomic E-state index is -0.873. The number of benzene rings is 2. The van der Waals surface area contributed by atoms with Gasteiger partial charge in [0.25, 0.3) is 11.4 Å². The van der Waals surface area contributed by atoms with E-state index in [1.807, 2.05) is 24.3 Å². The summed E-state index contributed by atoms with van der Waals surface area (Å²) in [7, 11) is 0. The van der Waals surface area contributed by atoms with E-state index in [0.717, 1.165) is 28.8 Å². The zero-order valence-corrected chi connectivity index (χ0v) is 15.9. The lowest BCUT2D eigenvalue weighted by Crippen LogP contribution is -2.25. The van der Waals surface area contributed by atoms with Crippen molar-refractivity contribution < 1.29 is 19.4 Å². The molecule has 10 nitrogen and oxygen atoms in total. The number of carbonyl (C=O) groups is 1. The van der Waals surface area contributed by atoms with Crippen molar-refractivity contribution in [3.63, 3.8) is 0 Å². The molecule has 2 aromatic rings. The SMILES string of the molecule is CC(=O)N1N=C(c2cc([N+](=O)[O-])cc([N+](=O)[O-])c2)O[C@H]1c1ccc(C(C)C)cc1. The van der Waals surface area contributed by atoms with Crippen LogP contribution in [0.1, 0.15) is 49.6 Å². The lowest BCUT2D eigenvalue weighted by molar-refractivity contribution is -0.394. The molecule has 1 aliphatic heterocycles. The average molecular weight is 398 g/mol. The monoisotopic (exact) mass is 398 g/mol.